The predicted molar refractivity (Wildman–Crippen MR) is 74.0 cm³/mol. The van der Waals surface area contributed by atoms with Crippen LogP contribution in [-0.2, 0) is 11.2 Å². The van der Waals surface area contributed by atoms with Crippen molar-refractivity contribution in [1.29, 1.82) is 0 Å². The van der Waals surface area contributed by atoms with Gasteiger partial charge in [-0.3, -0.25) is 4.79 Å². The minimum Gasteiger partial charge on any atom is -0.399 e. The zero-order valence-corrected chi connectivity index (χ0v) is 10.2. The Balaban J connectivity index is 2.03. The van der Waals surface area contributed by atoms with Crippen LogP contribution in [0.25, 0.3) is 0 Å². The molecule has 2 aromatic rings. The maximum Gasteiger partial charge on any atom is 0.228 e. The fraction of sp³-hybridized carbons (Fsp3) is 0.0714. The van der Waals surface area contributed by atoms with Crippen molar-refractivity contribution in [2.75, 3.05) is 16.8 Å². The Morgan fingerprint density at radius 2 is 1.79 bits per heavy atom. The molecule has 0 atom stereocenters. The average molecular weight is 259 g/mol. The maximum absolute atomic E-state index is 12.9. The summed E-state index contributed by atoms with van der Waals surface area (Å²) < 4.78 is 12.9. The van der Waals surface area contributed by atoms with E-state index in [1.165, 1.54) is 18.2 Å². The molecule has 5 N–H and O–H groups in total. The molecular formula is C14H14FN3O. The van der Waals surface area contributed by atoms with Gasteiger partial charge >= 0.3 is 0 Å². The van der Waals surface area contributed by atoms with Crippen molar-refractivity contribution in [1.82, 2.24) is 0 Å². The van der Waals surface area contributed by atoms with E-state index >= 15 is 0 Å². The number of carbonyl (C=O) groups is 1. The fourth-order valence-electron chi connectivity index (χ4n) is 1.66. The highest BCUT2D eigenvalue weighted by Crippen LogP contribution is 2.19. The molecule has 0 unspecified atom stereocenters. The zero-order valence-electron chi connectivity index (χ0n) is 10.2. The molecule has 0 aliphatic carbocycles. The van der Waals surface area contributed by atoms with Gasteiger partial charge in [0.05, 0.1) is 17.8 Å². The van der Waals surface area contributed by atoms with E-state index in [2.05, 4.69) is 5.32 Å². The Hall–Kier alpha value is -2.56. The number of nitrogen functional groups attached to an aromatic ring is 2. The second kappa shape index (κ2) is 5.39. The Morgan fingerprint density at radius 1 is 1.11 bits per heavy atom. The van der Waals surface area contributed by atoms with E-state index in [1.807, 2.05) is 0 Å². The molecule has 0 spiro atoms. The third kappa shape index (κ3) is 3.45. The first-order chi connectivity index (χ1) is 9.04. The van der Waals surface area contributed by atoms with Crippen molar-refractivity contribution in [3.8, 4) is 0 Å². The largest absolute Gasteiger partial charge is 0.399 e. The van der Waals surface area contributed by atoms with Crippen molar-refractivity contribution in [2.45, 2.75) is 6.42 Å². The van der Waals surface area contributed by atoms with Crippen LogP contribution in [0.4, 0.5) is 21.5 Å². The quantitative estimate of drug-likeness (QED) is 0.739. The smallest absolute Gasteiger partial charge is 0.228 e. The molecular weight excluding hydrogens is 245 g/mol. The van der Waals surface area contributed by atoms with Crippen LogP contribution in [0.15, 0.2) is 42.5 Å². The molecule has 1 amide bonds. The van der Waals surface area contributed by atoms with Crippen LogP contribution in [0.1, 0.15) is 5.56 Å². The summed E-state index contributed by atoms with van der Waals surface area (Å²) in [6.07, 6.45) is 0.205. The second-order valence-electron chi connectivity index (χ2n) is 4.20. The highest BCUT2D eigenvalue weighted by molar-refractivity contribution is 5.95. The number of nitrogens with two attached hydrogens (primary N) is 2. The number of halogens is 1. The number of rotatable bonds is 3. The van der Waals surface area contributed by atoms with Crippen LogP contribution in [0.3, 0.4) is 0 Å². The molecule has 0 heterocycles. The van der Waals surface area contributed by atoms with Crippen molar-refractivity contribution in [3.05, 3.63) is 53.8 Å². The van der Waals surface area contributed by atoms with Gasteiger partial charge in [0, 0.05) is 5.69 Å². The first kappa shape index (κ1) is 12.9. The number of hydrogen-bond acceptors (Lipinski definition) is 3. The number of amides is 1. The lowest BCUT2D eigenvalue weighted by atomic mass is 10.1. The molecule has 0 radical (unpaired) electrons. The third-order valence-electron chi connectivity index (χ3n) is 2.63. The normalized spacial score (nSPS) is 10.2. The van der Waals surface area contributed by atoms with Crippen molar-refractivity contribution >= 4 is 23.0 Å². The summed E-state index contributed by atoms with van der Waals surface area (Å²) in [5.74, 6) is -0.655. The maximum atomic E-state index is 12.9. The van der Waals surface area contributed by atoms with Gasteiger partial charge in [0.15, 0.2) is 0 Å². The first-order valence-corrected chi connectivity index (χ1v) is 5.74. The Kier molecular flexibility index (Phi) is 3.66. The SMILES string of the molecule is Nc1ccc(CC(=O)Nc2ccc(F)cc2N)cc1. The Morgan fingerprint density at radius 3 is 2.42 bits per heavy atom. The predicted octanol–water partition coefficient (Wildman–Crippen LogP) is 2.17. The molecule has 0 aromatic heterocycles. The van der Waals surface area contributed by atoms with E-state index < -0.39 is 5.82 Å². The molecule has 2 rings (SSSR count). The van der Waals surface area contributed by atoms with Gasteiger partial charge in [0.1, 0.15) is 5.82 Å². The second-order valence-corrected chi connectivity index (χ2v) is 4.20. The number of hydrogen-bond donors (Lipinski definition) is 3. The van der Waals surface area contributed by atoms with Crippen molar-refractivity contribution < 1.29 is 9.18 Å². The standard InChI is InChI=1S/C14H14FN3O/c15-10-3-6-13(12(17)8-10)18-14(19)7-9-1-4-11(16)5-2-9/h1-6,8H,7,16-17H2,(H,18,19). The molecule has 4 nitrogen and oxygen atoms in total. The molecule has 0 aliphatic rings. The summed E-state index contributed by atoms with van der Waals surface area (Å²) in [4.78, 5) is 11.8. The lowest BCUT2D eigenvalue weighted by molar-refractivity contribution is -0.115. The number of carbonyl (C=O) groups excluding carboxylic acids is 1. The van der Waals surface area contributed by atoms with E-state index in [9.17, 15) is 9.18 Å². The average Bonchev–Trinajstić information content (AvgIpc) is 2.36. The number of nitrogens with one attached hydrogen (secondary N) is 1. The lowest BCUT2D eigenvalue weighted by Crippen LogP contribution is -2.15. The Bertz CT molecular complexity index is 596. The van der Waals surface area contributed by atoms with Crippen LogP contribution >= 0.6 is 0 Å². The third-order valence-corrected chi connectivity index (χ3v) is 2.63. The van der Waals surface area contributed by atoms with Gasteiger partial charge in [-0.05, 0) is 35.9 Å². The van der Waals surface area contributed by atoms with Gasteiger partial charge in [-0.2, -0.15) is 0 Å². The van der Waals surface area contributed by atoms with Gasteiger partial charge in [-0.15, -0.1) is 0 Å². The van der Waals surface area contributed by atoms with Gasteiger partial charge in [-0.25, -0.2) is 4.39 Å². The van der Waals surface area contributed by atoms with Crippen LogP contribution in [-0.4, -0.2) is 5.91 Å². The van der Waals surface area contributed by atoms with E-state index in [1.54, 1.807) is 24.3 Å². The summed E-state index contributed by atoms with van der Waals surface area (Å²) in [5.41, 5.74) is 13.3. The van der Waals surface area contributed by atoms with Gasteiger partial charge < -0.3 is 16.8 Å². The molecule has 0 saturated carbocycles. The summed E-state index contributed by atoms with van der Waals surface area (Å²) in [5, 5.41) is 2.64. The summed E-state index contributed by atoms with van der Waals surface area (Å²) in [6, 6.07) is 10.9. The molecule has 0 fully saturated rings. The van der Waals surface area contributed by atoms with Crippen molar-refractivity contribution in [2.24, 2.45) is 0 Å². The number of benzene rings is 2. The van der Waals surface area contributed by atoms with Gasteiger partial charge in [0.25, 0.3) is 0 Å². The molecule has 0 saturated heterocycles. The van der Waals surface area contributed by atoms with Crippen LogP contribution in [0.5, 0.6) is 0 Å². The fourth-order valence-corrected chi connectivity index (χ4v) is 1.66. The van der Waals surface area contributed by atoms with Crippen LogP contribution < -0.4 is 16.8 Å². The molecule has 0 aliphatic heterocycles. The monoisotopic (exact) mass is 259 g/mol. The number of anilines is 3. The van der Waals surface area contributed by atoms with Gasteiger partial charge in [-0.1, -0.05) is 12.1 Å². The van der Waals surface area contributed by atoms with Crippen LogP contribution in [0, 0.1) is 5.82 Å². The van der Waals surface area contributed by atoms with E-state index in [4.69, 9.17) is 11.5 Å². The first-order valence-electron chi connectivity index (χ1n) is 5.74. The van der Waals surface area contributed by atoms with Crippen LogP contribution in [0.2, 0.25) is 0 Å². The topological polar surface area (TPSA) is 81.1 Å². The summed E-state index contributed by atoms with van der Waals surface area (Å²) in [7, 11) is 0. The van der Waals surface area contributed by atoms with E-state index in [-0.39, 0.29) is 18.0 Å². The minimum atomic E-state index is -0.436. The van der Waals surface area contributed by atoms with Gasteiger partial charge in [0.2, 0.25) is 5.91 Å². The molecule has 98 valence electrons. The summed E-state index contributed by atoms with van der Waals surface area (Å²) >= 11 is 0. The lowest BCUT2D eigenvalue weighted by Gasteiger charge is -2.08. The summed E-state index contributed by atoms with van der Waals surface area (Å²) in [6.45, 7) is 0. The molecule has 19 heavy (non-hydrogen) atoms. The van der Waals surface area contributed by atoms with Crippen molar-refractivity contribution in [3.63, 3.8) is 0 Å². The van der Waals surface area contributed by atoms with E-state index in [0.29, 0.717) is 11.4 Å². The van der Waals surface area contributed by atoms with E-state index in [0.717, 1.165) is 5.56 Å². The molecule has 5 heteroatoms. The molecule has 0 bridgehead atoms. The highest BCUT2D eigenvalue weighted by Gasteiger charge is 2.07. The zero-order chi connectivity index (χ0) is 13.8. The highest BCUT2D eigenvalue weighted by atomic mass is 19.1. The Labute approximate surface area is 110 Å². The minimum absolute atomic E-state index is 0.200. The molecule has 2 aromatic carbocycles.